The van der Waals surface area contributed by atoms with Gasteiger partial charge in [-0.05, 0) is 39.3 Å². The maximum absolute atomic E-state index is 9.36. The Morgan fingerprint density at radius 2 is 2.21 bits per heavy atom. The molecule has 2 aromatic heterocycles. The molecule has 0 saturated carbocycles. The summed E-state index contributed by atoms with van der Waals surface area (Å²) in [5.41, 5.74) is 3.18. The fraction of sp³-hybridized carbons (Fsp3) is 0.571. The van der Waals surface area contributed by atoms with Gasteiger partial charge in [-0.1, -0.05) is 0 Å². The monoisotopic (exact) mass is 260 g/mol. The van der Waals surface area contributed by atoms with E-state index >= 15 is 0 Å². The first-order valence-corrected chi connectivity index (χ1v) is 6.84. The lowest BCUT2D eigenvalue weighted by Crippen LogP contribution is -2.31. The van der Waals surface area contributed by atoms with E-state index in [1.165, 1.54) is 0 Å². The zero-order valence-corrected chi connectivity index (χ0v) is 11.5. The van der Waals surface area contributed by atoms with Gasteiger partial charge in [0.1, 0.15) is 0 Å². The molecule has 19 heavy (non-hydrogen) atoms. The van der Waals surface area contributed by atoms with Crippen LogP contribution in [0.3, 0.4) is 0 Å². The van der Waals surface area contributed by atoms with E-state index in [2.05, 4.69) is 34.1 Å². The molecule has 5 heteroatoms. The first kappa shape index (κ1) is 12.6. The molecular weight excluding hydrogens is 240 g/mol. The molecule has 1 atom stereocenters. The molecule has 1 fully saturated rings. The second kappa shape index (κ2) is 4.90. The van der Waals surface area contributed by atoms with Crippen molar-refractivity contribution in [2.24, 2.45) is 0 Å². The summed E-state index contributed by atoms with van der Waals surface area (Å²) in [6, 6.07) is 2.35. The minimum atomic E-state index is 0.240. The van der Waals surface area contributed by atoms with Crippen LogP contribution in [0.4, 0.5) is 0 Å². The third kappa shape index (κ3) is 2.35. The van der Waals surface area contributed by atoms with Crippen molar-refractivity contribution in [1.29, 1.82) is 0 Å². The molecule has 0 bridgehead atoms. The third-order valence-electron chi connectivity index (χ3n) is 3.89. The number of aromatic nitrogens is 3. The van der Waals surface area contributed by atoms with Gasteiger partial charge in [-0.25, -0.2) is 9.97 Å². The molecule has 0 radical (unpaired) electrons. The van der Waals surface area contributed by atoms with Crippen molar-refractivity contribution in [3.05, 3.63) is 29.3 Å². The van der Waals surface area contributed by atoms with Crippen LogP contribution in [0.1, 0.15) is 29.9 Å². The first-order chi connectivity index (χ1) is 9.17. The SMILES string of the molecule is Cc1cc(C)n2cc(CN3CCCC3CO)nc2n1. The molecule has 1 aliphatic heterocycles. The summed E-state index contributed by atoms with van der Waals surface area (Å²) in [4.78, 5) is 11.4. The summed E-state index contributed by atoms with van der Waals surface area (Å²) >= 11 is 0. The maximum Gasteiger partial charge on any atom is 0.234 e. The predicted molar refractivity (Wildman–Crippen MR) is 73.0 cm³/mol. The van der Waals surface area contributed by atoms with Crippen LogP contribution in [-0.4, -0.2) is 43.6 Å². The molecule has 0 spiro atoms. The molecule has 3 rings (SSSR count). The molecule has 2 aromatic rings. The van der Waals surface area contributed by atoms with E-state index in [1.807, 2.05) is 11.3 Å². The number of hydrogen-bond donors (Lipinski definition) is 1. The zero-order valence-electron chi connectivity index (χ0n) is 11.5. The highest BCUT2D eigenvalue weighted by Gasteiger charge is 2.24. The average molecular weight is 260 g/mol. The number of imidazole rings is 1. The van der Waals surface area contributed by atoms with Crippen LogP contribution in [0.15, 0.2) is 12.3 Å². The zero-order chi connectivity index (χ0) is 13.4. The van der Waals surface area contributed by atoms with Crippen LogP contribution in [-0.2, 0) is 6.54 Å². The second-order valence-electron chi connectivity index (χ2n) is 5.39. The molecule has 102 valence electrons. The maximum atomic E-state index is 9.36. The van der Waals surface area contributed by atoms with Crippen LogP contribution in [0.5, 0.6) is 0 Å². The fourth-order valence-corrected chi connectivity index (χ4v) is 2.91. The van der Waals surface area contributed by atoms with Gasteiger partial charge in [-0.2, -0.15) is 0 Å². The van der Waals surface area contributed by atoms with E-state index in [-0.39, 0.29) is 6.61 Å². The normalized spacial score (nSPS) is 20.5. The molecule has 5 nitrogen and oxygen atoms in total. The Morgan fingerprint density at radius 3 is 3.00 bits per heavy atom. The number of nitrogens with zero attached hydrogens (tertiary/aromatic N) is 4. The predicted octanol–water partition coefficient (Wildman–Crippen LogP) is 1.30. The first-order valence-electron chi connectivity index (χ1n) is 6.84. The third-order valence-corrected chi connectivity index (χ3v) is 3.89. The van der Waals surface area contributed by atoms with Crippen LogP contribution in [0.25, 0.3) is 5.78 Å². The number of hydrogen-bond acceptors (Lipinski definition) is 4. The summed E-state index contributed by atoms with van der Waals surface area (Å²) in [5, 5.41) is 9.36. The highest BCUT2D eigenvalue weighted by Crippen LogP contribution is 2.19. The lowest BCUT2D eigenvalue weighted by molar-refractivity contribution is 0.152. The quantitative estimate of drug-likeness (QED) is 0.904. The van der Waals surface area contributed by atoms with Crippen LogP contribution in [0, 0.1) is 13.8 Å². The van der Waals surface area contributed by atoms with Crippen molar-refractivity contribution in [3.8, 4) is 0 Å². The molecular formula is C14H20N4O. The Hall–Kier alpha value is -1.46. The van der Waals surface area contributed by atoms with Gasteiger partial charge in [0.25, 0.3) is 0 Å². The van der Waals surface area contributed by atoms with Gasteiger partial charge in [0.15, 0.2) is 0 Å². The summed E-state index contributed by atoms with van der Waals surface area (Å²) in [7, 11) is 0. The number of aliphatic hydroxyl groups excluding tert-OH is 1. The summed E-state index contributed by atoms with van der Waals surface area (Å²) in [5.74, 6) is 0.771. The van der Waals surface area contributed by atoms with Crippen LogP contribution < -0.4 is 0 Å². The number of rotatable bonds is 3. The molecule has 1 saturated heterocycles. The summed E-state index contributed by atoms with van der Waals surface area (Å²) in [6.07, 6.45) is 4.30. The molecule has 0 aromatic carbocycles. The average Bonchev–Trinajstić information content (AvgIpc) is 2.95. The minimum absolute atomic E-state index is 0.240. The Morgan fingerprint density at radius 1 is 1.37 bits per heavy atom. The Bertz CT molecular complexity index is 592. The van der Waals surface area contributed by atoms with Gasteiger partial charge in [0.2, 0.25) is 5.78 Å². The molecule has 1 N–H and O–H groups in total. The number of aryl methyl sites for hydroxylation is 2. The smallest absolute Gasteiger partial charge is 0.234 e. The standard InChI is InChI=1S/C14H20N4O/c1-10-6-11(2)18-8-12(16-14(18)15-10)7-17-5-3-4-13(17)9-19/h6,8,13,19H,3-5,7,9H2,1-2H3. The summed E-state index contributed by atoms with van der Waals surface area (Å²) < 4.78 is 2.03. The number of likely N-dealkylation sites (tertiary alicyclic amines) is 1. The van der Waals surface area contributed by atoms with Crippen molar-refractivity contribution < 1.29 is 5.11 Å². The van der Waals surface area contributed by atoms with Gasteiger partial charge in [-0.15, -0.1) is 0 Å². The second-order valence-corrected chi connectivity index (χ2v) is 5.39. The van der Waals surface area contributed by atoms with E-state index in [9.17, 15) is 5.11 Å². The Labute approximate surface area is 112 Å². The van der Waals surface area contributed by atoms with Crippen molar-refractivity contribution in [2.75, 3.05) is 13.2 Å². The Kier molecular flexibility index (Phi) is 3.24. The largest absolute Gasteiger partial charge is 0.395 e. The Balaban J connectivity index is 1.87. The molecule has 1 unspecified atom stereocenters. The van der Waals surface area contributed by atoms with Crippen molar-refractivity contribution in [3.63, 3.8) is 0 Å². The highest BCUT2D eigenvalue weighted by molar-refractivity contribution is 5.34. The molecule has 1 aliphatic rings. The summed E-state index contributed by atoms with van der Waals surface area (Å²) in [6.45, 7) is 6.14. The van der Waals surface area contributed by atoms with Crippen LogP contribution in [0.2, 0.25) is 0 Å². The van der Waals surface area contributed by atoms with E-state index in [4.69, 9.17) is 0 Å². The van der Waals surface area contributed by atoms with E-state index in [1.54, 1.807) is 0 Å². The molecule has 0 aliphatic carbocycles. The van der Waals surface area contributed by atoms with Gasteiger partial charge < -0.3 is 5.11 Å². The van der Waals surface area contributed by atoms with Gasteiger partial charge >= 0.3 is 0 Å². The molecule has 0 amide bonds. The fourth-order valence-electron chi connectivity index (χ4n) is 2.91. The minimum Gasteiger partial charge on any atom is -0.395 e. The van der Waals surface area contributed by atoms with Crippen molar-refractivity contribution in [2.45, 2.75) is 39.3 Å². The molecule has 3 heterocycles. The van der Waals surface area contributed by atoms with E-state index in [0.29, 0.717) is 6.04 Å². The van der Waals surface area contributed by atoms with E-state index in [0.717, 1.165) is 48.8 Å². The number of fused-ring (bicyclic) bond motifs is 1. The van der Waals surface area contributed by atoms with Crippen LogP contribution >= 0.6 is 0 Å². The van der Waals surface area contributed by atoms with E-state index < -0.39 is 0 Å². The van der Waals surface area contributed by atoms with Crippen molar-refractivity contribution in [1.82, 2.24) is 19.3 Å². The topological polar surface area (TPSA) is 53.7 Å². The lowest BCUT2D eigenvalue weighted by Gasteiger charge is -2.21. The number of aliphatic hydroxyl groups is 1. The van der Waals surface area contributed by atoms with Gasteiger partial charge in [0.05, 0.1) is 12.3 Å². The van der Waals surface area contributed by atoms with Crippen molar-refractivity contribution >= 4 is 5.78 Å². The lowest BCUT2D eigenvalue weighted by atomic mass is 10.2. The van der Waals surface area contributed by atoms with Gasteiger partial charge in [0, 0.05) is 30.2 Å². The highest BCUT2D eigenvalue weighted by atomic mass is 16.3. The van der Waals surface area contributed by atoms with Gasteiger partial charge in [-0.3, -0.25) is 9.30 Å².